The first-order chi connectivity index (χ1) is 14.0. The van der Waals surface area contributed by atoms with Gasteiger partial charge in [-0.3, -0.25) is 9.69 Å². The molecule has 1 saturated heterocycles. The standard InChI is InChI=1S/C22H25ClFN3O2/c1-3-12-29-19-6-4-16(5-7-19)15(2)27-10-8-18(9-11-27)26-22(28)17-13-20(23)21(24)25-14-17/h3-7,13-15,18H,1,8-12H2,2H3,(H,26,28). The zero-order valence-corrected chi connectivity index (χ0v) is 17.2. The zero-order valence-electron chi connectivity index (χ0n) is 16.4. The summed E-state index contributed by atoms with van der Waals surface area (Å²) in [6.45, 7) is 8.09. The Bertz CT molecular complexity index is 852. The molecular formula is C22H25ClFN3O2. The number of amides is 1. The number of rotatable bonds is 7. The second kappa shape index (κ2) is 9.85. The van der Waals surface area contributed by atoms with Crippen molar-refractivity contribution in [2.24, 2.45) is 0 Å². The molecule has 7 heteroatoms. The van der Waals surface area contributed by atoms with Crippen molar-refractivity contribution in [2.45, 2.75) is 31.8 Å². The second-order valence-corrected chi connectivity index (χ2v) is 7.53. The number of aromatic nitrogens is 1. The molecule has 1 aliphatic heterocycles. The van der Waals surface area contributed by atoms with Crippen molar-refractivity contribution in [3.05, 3.63) is 71.3 Å². The van der Waals surface area contributed by atoms with E-state index in [9.17, 15) is 9.18 Å². The van der Waals surface area contributed by atoms with Gasteiger partial charge < -0.3 is 10.1 Å². The van der Waals surface area contributed by atoms with Crippen LogP contribution < -0.4 is 10.1 Å². The van der Waals surface area contributed by atoms with Crippen LogP contribution in [0, 0.1) is 5.95 Å². The molecule has 1 amide bonds. The minimum absolute atomic E-state index is 0.0736. The molecule has 154 valence electrons. The average molecular weight is 418 g/mol. The van der Waals surface area contributed by atoms with E-state index in [2.05, 4.69) is 40.8 Å². The summed E-state index contributed by atoms with van der Waals surface area (Å²) in [5, 5.41) is 2.85. The largest absolute Gasteiger partial charge is 0.490 e. The van der Waals surface area contributed by atoms with Crippen molar-refractivity contribution in [1.82, 2.24) is 15.2 Å². The summed E-state index contributed by atoms with van der Waals surface area (Å²) in [5.74, 6) is -0.218. The number of nitrogens with zero attached hydrogens (tertiary/aromatic N) is 2. The Labute approximate surface area is 175 Å². The first-order valence-electron chi connectivity index (χ1n) is 9.67. The number of benzene rings is 1. The van der Waals surface area contributed by atoms with Crippen LogP contribution in [0.2, 0.25) is 5.02 Å². The molecule has 1 fully saturated rings. The van der Waals surface area contributed by atoms with Crippen molar-refractivity contribution in [2.75, 3.05) is 19.7 Å². The predicted octanol–water partition coefficient (Wildman–Crippen LogP) is 4.39. The Morgan fingerprint density at radius 2 is 2.10 bits per heavy atom. The molecule has 0 spiro atoms. The maximum Gasteiger partial charge on any atom is 0.253 e. The molecule has 1 aromatic heterocycles. The zero-order chi connectivity index (χ0) is 20.8. The predicted molar refractivity (Wildman–Crippen MR) is 112 cm³/mol. The molecule has 1 aliphatic rings. The first-order valence-corrected chi connectivity index (χ1v) is 10.1. The van der Waals surface area contributed by atoms with Crippen molar-refractivity contribution in [3.63, 3.8) is 0 Å². The highest BCUT2D eigenvalue weighted by Crippen LogP contribution is 2.26. The van der Waals surface area contributed by atoms with E-state index >= 15 is 0 Å². The lowest BCUT2D eigenvalue weighted by atomic mass is 10.00. The van der Waals surface area contributed by atoms with E-state index < -0.39 is 5.95 Å². The number of ether oxygens (including phenoxy) is 1. The van der Waals surface area contributed by atoms with Crippen molar-refractivity contribution < 1.29 is 13.9 Å². The molecule has 1 atom stereocenters. The molecule has 2 aromatic rings. The van der Waals surface area contributed by atoms with Crippen LogP contribution in [0.1, 0.15) is 41.7 Å². The molecular weight excluding hydrogens is 393 g/mol. The van der Waals surface area contributed by atoms with Crippen molar-refractivity contribution in [3.8, 4) is 5.75 Å². The first kappa shape index (κ1) is 21.3. The molecule has 3 rings (SSSR count). The number of likely N-dealkylation sites (tertiary alicyclic amines) is 1. The monoisotopic (exact) mass is 417 g/mol. The van der Waals surface area contributed by atoms with Gasteiger partial charge in [0.25, 0.3) is 5.91 Å². The maximum absolute atomic E-state index is 13.2. The lowest BCUT2D eigenvalue weighted by molar-refractivity contribution is 0.0895. The fourth-order valence-electron chi connectivity index (χ4n) is 3.45. The summed E-state index contributed by atoms with van der Waals surface area (Å²) in [5.41, 5.74) is 1.50. The number of hydrogen-bond acceptors (Lipinski definition) is 4. The molecule has 0 bridgehead atoms. The van der Waals surface area contributed by atoms with Crippen LogP contribution in [-0.2, 0) is 0 Å². The third-order valence-corrected chi connectivity index (χ3v) is 5.47. The molecule has 0 saturated carbocycles. The van der Waals surface area contributed by atoms with Crippen LogP contribution in [0.4, 0.5) is 4.39 Å². The van der Waals surface area contributed by atoms with Gasteiger partial charge in [0.2, 0.25) is 5.95 Å². The van der Waals surface area contributed by atoms with Crippen LogP contribution in [0.25, 0.3) is 0 Å². The summed E-state index contributed by atoms with van der Waals surface area (Å²) >= 11 is 5.71. The Kier molecular flexibility index (Phi) is 7.23. The summed E-state index contributed by atoms with van der Waals surface area (Å²) in [7, 11) is 0. The van der Waals surface area contributed by atoms with E-state index in [0.29, 0.717) is 6.61 Å². The summed E-state index contributed by atoms with van der Waals surface area (Å²) < 4.78 is 18.7. The maximum atomic E-state index is 13.2. The molecule has 2 heterocycles. The highest BCUT2D eigenvalue weighted by Gasteiger charge is 2.25. The van der Waals surface area contributed by atoms with Crippen LogP contribution in [0.5, 0.6) is 5.75 Å². The smallest absolute Gasteiger partial charge is 0.253 e. The summed E-state index contributed by atoms with van der Waals surface area (Å²) in [4.78, 5) is 18.3. The molecule has 5 nitrogen and oxygen atoms in total. The molecule has 1 unspecified atom stereocenters. The summed E-state index contributed by atoms with van der Waals surface area (Å²) in [6.07, 6.45) is 4.62. The second-order valence-electron chi connectivity index (χ2n) is 7.13. The number of nitrogens with one attached hydrogen (secondary N) is 1. The van der Waals surface area contributed by atoms with E-state index in [0.717, 1.165) is 31.7 Å². The van der Waals surface area contributed by atoms with Gasteiger partial charge in [-0.2, -0.15) is 4.39 Å². The molecule has 29 heavy (non-hydrogen) atoms. The van der Waals surface area contributed by atoms with Gasteiger partial charge in [0.1, 0.15) is 12.4 Å². The molecule has 0 radical (unpaired) electrons. The van der Waals surface area contributed by atoms with Crippen LogP contribution in [-0.4, -0.2) is 41.5 Å². The Morgan fingerprint density at radius 3 is 2.72 bits per heavy atom. The Hall–Kier alpha value is -2.44. The van der Waals surface area contributed by atoms with Crippen molar-refractivity contribution >= 4 is 17.5 Å². The van der Waals surface area contributed by atoms with Crippen LogP contribution in [0.3, 0.4) is 0 Å². The van der Waals surface area contributed by atoms with E-state index in [1.807, 2.05) is 12.1 Å². The van der Waals surface area contributed by atoms with Gasteiger partial charge in [-0.15, -0.1) is 0 Å². The third kappa shape index (κ3) is 5.55. The lowest BCUT2D eigenvalue weighted by Crippen LogP contribution is -2.45. The van der Waals surface area contributed by atoms with Gasteiger partial charge in [-0.05, 0) is 43.5 Å². The fourth-order valence-corrected chi connectivity index (χ4v) is 3.62. The highest BCUT2D eigenvalue weighted by atomic mass is 35.5. The normalized spacial score (nSPS) is 16.2. The fraction of sp³-hybridized carbons (Fsp3) is 0.364. The summed E-state index contributed by atoms with van der Waals surface area (Å²) in [6, 6.07) is 9.78. The molecule has 1 aromatic carbocycles. The number of hydrogen-bond donors (Lipinski definition) is 1. The highest BCUT2D eigenvalue weighted by molar-refractivity contribution is 6.30. The third-order valence-electron chi connectivity index (χ3n) is 5.20. The van der Waals surface area contributed by atoms with Gasteiger partial charge in [0, 0.05) is 31.4 Å². The lowest BCUT2D eigenvalue weighted by Gasteiger charge is -2.36. The number of halogens is 2. The minimum atomic E-state index is -0.772. The SMILES string of the molecule is C=CCOc1ccc(C(C)N2CCC(NC(=O)c3cnc(F)c(Cl)c3)CC2)cc1. The Balaban J connectivity index is 1.51. The van der Waals surface area contributed by atoms with Gasteiger partial charge in [0.05, 0.1) is 10.6 Å². The Morgan fingerprint density at radius 1 is 1.41 bits per heavy atom. The number of carbonyl (C=O) groups is 1. The van der Waals surface area contributed by atoms with E-state index in [-0.39, 0.29) is 28.6 Å². The van der Waals surface area contributed by atoms with Crippen LogP contribution in [0.15, 0.2) is 49.2 Å². The van der Waals surface area contributed by atoms with Gasteiger partial charge in [-0.25, -0.2) is 4.98 Å². The van der Waals surface area contributed by atoms with Gasteiger partial charge in [0.15, 0.2) is 0 Å². The topological polar surface area (TPSA) is 54.5 Å². The number of carbonyl (C=O) groups excluding carboxylic acids is 1. The average Bonchev–Trinajstić information content (AvgIpc) is 2.74. The van der Waals surface area contributed by atoms with Crippen LogP contribution >= 0.6 is 11.6 Å². The van der Waals surface area contributed by atoms with E-state index in [1.165, 1.54) is 17.8 Å². The van der Waals surface area contributed by atoms with Gasteiger partial charge >= 0.3 is 0 Å². The van der Waals surface area contributed by atoms with Crippen molar-refractivity contribution in [1.29, 1.82) is 0 Å². The minimum Gasteiger partial charge on any atom is -0.490 e. The quantitative estimate of drug-likeness (QED) is 0.536. The molecule has 1 N–H and O–H groups in total. The number of pyridine rings is 1. The molecule has 0 aliphatic carbocycles. The van der Waals surface area contributed by atoms with E-state index in [1.54, 1.807) is 6.08 Å². The van der Waals surface area contributed by atoms with Gasteiger partial charge in [-0.1, -0.05) is 36.4 Å². The number of piperidine rings is 1. The van der Waals surface area contributed by atoms with E-state index in [4.69, 9.17) is 16.3 Å².